The highest BCUT2D eigenvalue weighted by Crippen LogP contribution is 2.40. The van der Waals surface area contributed by atoms with E-state index in [9.17, 15) is 18.4 Å². The zero-order valence-electron chi connectivity index (χ0n) is 20.9. The summed E-state index contributed by atoms with van der Waals surface area (Å²) >= 11 is 0. The summed E-state index contributed by atoms with van der Waals surface area (Å²) in [5, 5.41) is 9.24. The average molecular weight is 524 g/mol. The molecule has 3 heterocycles. The molecule has 2 aliphatic rings. The number of nitrogens with one attached hydrogen (secondary N) is 3. The van der Waals surface area contributed by atoms with Crippen molar-refractivity contribution < 1.29 is 23.1 Å². The van der Waals surface area contributed by atoms with E-state index < -0.39 is 18.4 Å². The number of para-hydroxylation sites is 1. The van der Waals surface area contributed by atoms with Crippen molar-refractivity contribution in [3.8, 4) is 5.75 Å². The maximum atomic E-state index is 14.8. The van der Waals surface area contributed by atoms with Crippen LogP contribution in [0.15, 0.2) is 54.7 Å². The van der Waals surface area contributed by atoms with Gasteiger partial charge in [-0.25, -0.2) is 4.98 Å². The fourth-order valence-corrected chi connectivity index (χ4v) is 4.48. The Morgan fingerprint density at radius 2 is 2.00 bits per heavy atom. The van der Waals surface area contributed by atoms with Crippen LogP contribution in [0.3, 0.4) is 0 Å². The van der Waals surface area contributed by atoms with Gasteiger partial charge in [0.2, 0.25) is 5.95 Å². The molecule has 1 fully saturated rings. The van der Waals surface area contributed by atoms with Crippen LogP contribution in [0.5, 0.6) is 5.75 Å². The minimum Gasteiger partial charge on any atom is -0.495 e. The number of hydrogen-bond acceptors (Lipinski definition) is 8. The van der Waals surface area contributed by atoms with Crippen molar-refractivity contribution in [2.24, 2.45) is 0 Å². The Morgan fingerprint density at radius 3 is 2.71 bits per heavy atom. The fraction of sp³-hybridized carbons (Fsp3) is 0.308. The summed E-state index contributed by atoms with van der Waals surface area (Å²) in [4.78, 5) is 36.1. The number of carbonyl (C=O) groups excluding carboxylic acids is 2. The standard InChI is InChI=1S/C26H27F2N7O3/c1-34-20-14-30-25(33-22(20)35(15-26(27,28)24(34)37)18-6-4-3-5-7-18)32-19-9-8-16(12-21(19)38-2)23(36)31-17-10-11-29-13-17/h3-9,12,14,17,29H,10-11,13,15H2,1-2H3,(H,31,36)(H,30,32,33). The van der Waals surface area contributed by atoms with Gasteiger partial charge in [-0.2, -0.15) is 13.8 Å². The SMILES string of the molecule is COc1cc(C(=O)NC2CCNC2)ccc1Nc1ncc2c(n1)N(c1ccccc1)CC(F)(F)C(=O)N2C. The van der Waals surface area contributed by atoms with Crippen LogP contribution in [-0.4, -0.2) is 67.5 Å². The Bertz CT molecular complexity index is 1350. The van der Waals surface area contributed by atoms with E-state index in [1.54, 1.807) is 48.5 Å². The van der Waals surface area contributed by atoms with Crippen molar-refractivity contribution in [2.75, 3.05) is 48.9 Å². The highest BCUT2D eigenvalue weighted by Gasteiger charge is 2.47. The Kier molecular flexibility index (Phi) is 6.81. The molecule has 1 saturated heterocycles. The molecule has 5 rings (SSSR count). The molecule has 2 amide bonds. The van der Waals surface area contributed by atoms with Gasteiger partial charge in [-0.3, -0.25) is 9.59 Å². The van der Waals surface area contributed by atoms with Crippen LogP contribution in [0.4, 0.5) is 37.6 Å². The minimum atomic E-state index is -3.65. The number of benzene rings is 2. The van der Waals surface area contributed by atoms with E-state index in [0.717, 1.165) is 24.4 Å². The molecule has 38 heavy (non-hydrogen) atoms. The summed E-state index contributed by atoms with van der Waals surface area (Å²) in [5.41, 5.74) is 1.49. The predicted molar refractivity (Wildman–Crippen MR) is 139 cm³/mol. The van der Waals surface area contributed by atoms with E-state index in [1.807, 2.05) is 0 Å². The number of nitrogens with zero attached hydrogens (tertiary/aromatic N) is 4. The molecule has 0 spiro atoms. The number of aromatic nitrogens is 2. The van der Waals surface area contributed by atoms with Crippen molar-refractivity contribution in [2.45, 2.75) is 18.4 Å². The van der Waals surface area contributed by atoms with Crippen LogP contribution in [0.1, 0.15) is 16.8 Å². The molecule has 3 aromatic rings. The van der Waals surface area contributed by atoms with Crippen molar-refractivity contribution >= 4 is 40.6 Å². The van der Waals surface area contributed by atoms with Gasteiger partial charge in [-0.05, 0) is 43.3 Å². The molecule has 198 valence electrons. The summed E-state index contributed by atoms with van der Waals surface area (Å²) in [6.45, 7) is 0.708. The minimum absolute atomic E-state index is 0.0734. The quantitative estimate of drug-likeness (QED) is 0.452. The average Bonchev–Trinajstić information content (AvgIpc) is 3.42. The van der Waals surface area contributed by atoms with Crippen LogP contribution in [0.25, 0.3) is 0 Å². The number of methoxy groups -OCH3 is 1. The number of ether oxygens (including phenoxy) is 1. The van der Waals surface area contributed by atoms with Gasteiger partial charge in [0.1, 0.15) is 11.4 Å². The molecule has 0 aliphatic carbocycles. The molecule has 1 aromatic heterocycles. The zero-order valence-corrected chi connectivity index (χ0v) is 20.9. The van der Waals surface area contributed by atoms with Crippen LogP contribution in [0, 0.1) is 0 Å². The summed E-state index contributed by atoms with van der Waals surface area (Å²) in [5.74, 6) is -4.58. The maximum absolute atomic E-state index is 14.8. The van der Waals surface area contributed by atoms with Crippen molar-refractivity contribution in [3.63, 3.8) is 0 Å². The first-order valence-corrected chi connectivity index (χ1v) is 12.1. The smallest absolute Gasteiger partial charge is 0.342 e. The normalized spacial score (nSPS) is 18.5. The van der Waals surface area contributed by atoms with Gasteiger partial charge < -0.3 is 30.5 Å². The lowest BCUT2D eigenvalue weighted by Gasteiger charge is -2.25. The number of amides is 2. The molecule has 0 saturated carbocycles. The zero-order chi connectivity index (χ0) is 26.9. The van der Waals surface area contributed by atoms with Crippen LogP contribution in [0.2, 0.25) is 0 Å². The van der Waals surface area contributed by atoms with Gasteiger partial charge in [0.25, 0.3) is 11.8 Å². The Hall–Kier alpha value is -4.32. The van der Waals surface area contributed by atoms with E-state index in [2.05, 4.69) is 25.9 Å². The predicted octanol–water partition coefficient (Wildman–Crippen LogP) is 3.07. The second-order valence-electron chi connectivity index (χ2n) is 9.10. The molecular formula is C26H27F2N7O3. The molecule has 2 aromatic carbocycles. The second kappa shape index (κ2) is 10.2. The molecule has 2 aliphatic heterocycles. The molecule has 12 heteroatoms. The lowest BCUT2D eigenvalue weighted by atomic mass is 10.1. The third-order valence-corrected chi connectivity index (χ3v) is 6.51. The molecule has 3 N–H and O–H groups in total. The number of rotatable bonds is 6. The van der Waals surface area contributed by atoms with E-state index in [-0.39, 0.29) is 29.4 Å². The van der Waals surface area contributed by atoms with Gasteiger partial charge in [0.05, 0.1) is 25.5 Å². The third-order valence-electron chi connectivity index (χ3n) is 6.51. The van der Waals surface area contributed by atoms with Crippen LogP contribution < -0.4 is 30.5 Å². The van der Waals surface area contributed by atoms with Gasteiger partial charge in [-0.15, -0.1) is 0 Å². The number of carbonyl (C=O) groups is 2. The first kappa shape index (κ1) is 25.3. The Morgan fingerprint density at radius 1 is 1.21 bits per heavy atom. The van der Waals surface area contributed by atoms with Gasteiger partial charge in [-0.1, -0.05) is 18.2 Å². The number of fused-ring (bicyclic) bond motifs is 1. The first-order chi connectivity index (χ1) is 18.3. The Labute approximate surface area is 218 Å². The topological polar surface area (TPSA) is 112 Å². The number of alkyl halides is 2. The van der Waals surface area contributed by atoms with Crippen LogP contribution in [-0.2, 0) is 4.79 Å². The molecular weight excluding hydrogens is 496 g/mol. The van der Waals surface area contributed by atoms with E-state index in [0.29, 0.717) is 22.7 Å². The maximum Gasteiger partial charge on any atom is 0.342 e. The summed E-state index contributed by atoms with van der Waals surface area (Å²) in [7, 11) is 2.75. The number of halogens is 2. The van der Waals surface area contributed by atoms with E-state index >= 15 is 0 Å². The van der Waals surface area contributed by atoms with Crippen LogP contribution >= 0.6 is 0 Å². The van der Waals surface area contributed by atoms with Crippen molar-refractivity contribution in [3.05, 3.63) is 60.3 Å². The van der Waals surface area contributed by atoms with E-state index in [1.165, 1.54) is 25.3 Å². The largest absolute Gasteiger partial charge is 0.495 e. The second-order valence-corrected chi connectivity index (χ2v) is 9.10. The monoisotopic (exact) mass is 523 g/mol. The molecule has 10 nitrogen and oxygen atoms in total. The highest BCUT2D eigenvalue weighted by molar-refractivity contribution is 6.02. The van der Waals surface area contributed by atoms with Gasteiger partial charge in [0, 0.05) is 30.9 Å². The molecule has 1 atom stereocenters. The van der Waals surface area contributed by atoms with E-state index in [4.69, 9.17) is 4.74 Å². The molecule has 0 radical (unpaired) electrons. The van der Waals surface area contributed by atoms with Gasteiger partial charge >= 0.3 is 5.92 Å². The Balaban J connectivity index is 1.46. The van der Waals surface area contributed by atoms with Crippen molar-refractivity contribution in [1.82, 2.24) is 20.6 Å². The molecule has 1 unspecified atom stereocenters. The molecule has 0 bridgehead atoms. The van der Waals surface area contributed by atoms with Gasteiger partial charge in [0.15, 0.2) is 5.82 Å². The third kappa shape index (κ3) is 4.94. The summed E-state index contributed by atoms with van der Waals surface area (Å²) in [6, 6.07) is 13.5. The lowest BCUT2D eigenvalue weighted by Crippen LogP contribution is -2.45. The first-order valence-electron chi connectivity index (χ1n) is 12.1. The lowest BCUT2D eigenvalue weighted by molar-refractivity contribution is -0.140. The summed E-state index contributed by atoms with van der Waals surface area (Å²) in [6.07, 6.45) is 2.19. The number of anilines is 5. The van der Waals surface area contributed by atoms with Crippen molar-refractivity contribution in [1.29, 1.82) is 0 Å². The fourth-order valence-electron chi connectivity index (χ4n) is 4.48. The summed E-state index contributed by atoms with van der Waals surface area (Å²) < 4.78 is 35.2. The number of hydrogen-bond donors (Lipinski definition) is 3. The highest BCUT2D eigenvalue weighted by atomic mass is 19.3.